The van der Waals surface area contributed by atoms with Gasteiger partial charge in [-0.3, -0.25) is 4.79 Å². The number of ether oxygens (including phenoxy) is 5. The summed E-state index contributed by atoms with van der Waals surface area (Å²) in [6, 6.07) is 11.9. The summed E-state index contributed by atoms with van der Waals surface area (Å²) in [5.74, 6) is 2.63. The summed E-state index contributed by atoms with van der Waals surface area (Å²) in [7, 11) is 7.66. The van der Waals surface area contributed by atoms with Crippen molar-refractivity contribution in [1.82, 2.24) is 5.01 Å². The lowest BCUT2D eigenvalue weighted by atomic mass is 10.0. The summed E-state index contributed by atoms with van der Waals surface area (Å²) in [6.07, 6.45) is 2.03. The molecule has 2 heterocycles. The number of benzene rings is 2. The zero-order chi connectivity index (χ0) is 24.2. The standard InChI is InChI=1S/C25H26N2O7/c1-29-20-9-8-15(11-21(20)30-2)17-14-18(19-7-6-10-34-19)27(26-17)25(28)16-12-22(31-3)24(33-5)23(13-16)32-4/h6-13,18H,14H2,1-5H3. The molecule has 0 spiro atoms. The van der Waals surface area contributed by atoms with Gasteiger partial charge in [0, 0.05) is 17.5 Å². The second kappa shape index (κ2) is 9.78. The molecule has 0 bridgehead atoms. The summed E-state index contributed by atoms with van der Waals surface area (Å²) in [6.45, 7) is 0. The highest BCUT2D eigenvalue weighted by Crippen LogP contribution is 2.41. The number of methoxy groups -OCH3 is 5. The third-order valence-corrected chi connectivity index (χ3v) is 5.62. The summed E-state index contributed by atoms with van der Waals surface area (Å²) < 4.78 is 32.6. The molecular formula is C25H26N2O7. The molecule has 0 aliphatic carbocycles. The Hall–Kier alpha value is -4.14. The molecule has 3 aromatic rings. The minimum atomic E-state index is -0.426. The van der Waals surface area contributed by atoms with E-state index in [0.717, 1.165) is 5.56 Å². The summed E-state index contributed by atoms with van der Waals surface area (Å²) in [5.41, 5.74) is 1.86. The molecular weight excluding hydrogens is 440 g/mol. The molecule has 9 heteroatoms. The number of carbonyl (C=O) groups is 1. The van der Waals surface area contributed by atoms with E-state index in [1.807, 2.05) is 24.3 Å². The van der Waals surface area contributed by atoms with E-state index in [1.54, 1.807) is 38.7 Å². The number of hydrogen-bond donors (Lipinski definition) is 0. The minimum Gasteiger partial charge on any atom is -0.493 e. The van der Waals surface area contributed by atoms with E-state index in [1.165, 1.54) is 26.3 Å². The van der Waals surface area contributed by atoms with Gasteiger partial charge in [0.05, 0.1) is 47.5 Å². The first-order valence-corrected chi connectivity index (χ1v) is 10.5. The molecule has 0 saturated heterocycles. The Kier molecular flexibility index (Phi) is 6.62. The highest BCUT2D eigenvalue weighted by atomic mass is 16.5. The first kappa shape index (κ1) is 23.0. The molecule has 34 heavy (non-hydrogen) atoms. The highest BCUT2D eigenvalue weighted by molar-refractivity contribution is 6.05. The Balaban J connectivity index is 1.76. The van der Waals surface area contributed by atoms with Gasteiger partial charge in [-0.25, -0.2) is 5.01 Å². The molecule has 0 saturated carbocycles. The van der Waals surface area contributed by atoms with Gasteiger partial charge < -0.3 is 28.1 Å². The van der Waals surface area contributed by atoms with Crippen molar-refractivity contribution in [2.45, 2.75) is 12.5 Å². The maximum Gasteiger partial charge on any atom is 0.274 e. The van der Waals surface area contributed by atoms with E-state index >= 15 is 0 Å². The lowest BCUT2D eigenvalue weighted by Crippen LogP contribution is -2.27. The lowest BCUT2D eigenvalue weighted by Gasteiger charge is -2.21. The summed E-state index contributed by atoms with van der Waals surface area (Å²) in [5, 5.41) is 6.11. The number of carbonyl (C=O) groups excluding carboxylic acids is 1. The number of hydrogen-bond acceptors (Lipinski definition) is 8. The van der Waals surface area contributed by atoms with Crippen LogP contribution in [0.25, 0.3) is 0 Å². The zero-order valence-electron chi connectivity index (χ0n) is 19.7. The van der Waals surface area contributed by atoms with E-state index in [4.69, 9.17) is 28.1 Å². The molecule has 1 aliphatic heterocycles. The number of nitrogens with zero attached hydrogens (tertiary/aromatic N) is 2. The van der Waals surface area contributed by atoms with E-state index in [2.05, 4.69) is 5.10 Å². The van der Waals surface area contributed by atoms with Crippen LogP contribution in [0.15, 0.2) is 58.2 Å². The fraction of sp³-hybridized carbons (Fsp3) is 0.280. The molecule has 1 aliphatic rings. The van der Waals surface area contributed by atoms with E-state index < -0.39 is 6.04 Å². The SMILES string of the molecule is COc1ccc(C2=NN(C(=O)c3cc(OC)c(OC)c(OC)c3)C(c3ccco3)C2)cc1OC. The van der Waals surface area contributed by atoms with Crippen LogP contribution in [0, 0.1) is 0 Å². The molecule has 2 aromatic carbocycles. The average Bonchev–Trinajstić information content (AvgIpc) is 3.57. The predicted molar refractivity (Wildman–Crippen MR) is 124 cm³/mol. The van der Waals surface area contributed by atoms with E-state index in [-0.39, 0.29) is 5.91 Å². The smallest absolute Gasteiger partial charge is 0.274 e. The third-order valence-electron chi connectivity index (χ3n) is 5.62. The molecule has 0 radical (unpaired) electrons. The van der Waals surface area contributed by atoms with Gasteiger partial charge in [-0.1, -0.05) is 0 Å². The van der Waals surface area contributed by atoms with Crippen LogP contribution in [0.3, 0.4) is 0 Å². The number of hydrazone groups is 1. The van der Waals surface area contributed by atoms with Gasteiger partial charge in [-0.15, -0.1) is 0 Å². The predicted octanol–water partition coefficient (Wildman–Crippen LogP) is 4.31. The van der Waals surface area contributed by atoms with Crippen molar-refractivity contribution in [3.63, 3.8) is 0 Å². The topological polar surface area (TPSA) is 92.0 Å². The molecule has 1 aromatic heterocycles. The second-order valence-electron chi connectivity index (χ2n) is 7.42. The monoisotopic (exact) mass is 466 g/mol. The Labute approximate surface area is 197 Å². The van der Waals surface area contributed by atoms with Gasteiger partial charge >= 0.3 is 0 Å². The highest BCUT2D eigenvalue weighted by Gasteiger charge is 2.36. The van der Waals surface area contributed by atoms with Crippen molar-refractivity contribution >= 4 is 11.6 Å². The quantitative estimate of drug-likeness (QED) is 0.488. The van der Waals surface area contributed by atoms with Crippen LogP contribution in [-0.4, -0.2) is 52.2 Å². The van der Waals surface area contributed by atoms with Crippen molar-refractivity contribution in [2.24, 2.45) is 5.10 Å². The third kappa shape index (κ3) is 4.12. The Bertz CT molecular complexity index is 1180. The van der Waals surface area contributed by atoms with Crippen LogP contribution >= 0.6 is 0 Å². The zero-order valence-corrected chi connectivity index (χ0v) is 19.7. The second-order valence-corrected chi connectivity index (χ2v) is 7.42. The van der Waals surface area contributed by atoms with Crippen LogP contribution in [0.4, 0.5) is 0 Å². The van der Waals surface area contributed by atoms with Gasteiger partial charge in [0.15, 0.2) is 23.0 Å². The lowest BCUT2D eigenvalue weighted by molar-refractivity contribution is 0.0692. The van der Waals surface area contributed by atoms with Gasteiger partial charge in [-0.2, -0.15) is 5.10 Å². The number of rotatable bonds is 8. The first-order valence-electron chi connectivity index (χ1n) is 10.5. The summed E-state index contributed by atoms with van der Waals surface area (Å²) >= 11 is 0. The molecule has 1 atom stereocenters. The van der Waals surface area contributed by atoms with Crippen molar-refractivity contribution in [1.29, 1.82) is 0 Å². The first-order chi connectivity index (χ1) is 16.5. The maximum atomic E-state index is 13.7. The Morgan fingerprint density at radius 3 is 2.12 bits per heavy atom. The van der Waals surface area contributed by atoms with Crippen LogP contribution in [-0.2, 0) is 0 Å². The van der Waals surface area contributed by atoms with Crippen molar-refractivity contribution in [2.75, 3.05) is 35.5 Å². The summed E-state index contributed by atoms with van der Waals surface area (Å²) in [4.78, 5) is 13.7. The number of amides is 1. The minimum absolute atomic E-state index is 0.336. The van der Waals surface area contributed by atoms with E-state index in [9.17, 15) is 4.79 Å². The van der Waals surface area contributed by atoms with Gasteiger partial charge in [0.25, 0.3) is 5.91 Å². The van der Waals surface area contributed by atoms with Crippen molar-refractivity contribution in [3.05, 3.63) is 65.6 Å². The van der Waals surface area contributed by atoms with Gasteiger partial charge in [0.2, 0.25) is 5.75 Å². The van der Waals surface area contributed by atoms with E-state index in [0.29, 0.717) is 52.2 Å². The Morgan fingerprint density at radius 1 is 0.882 bits per heavy atom. The van der Waals surface area contributed by atoms with Crippen LogP contribution < -0.4 is 23.7 Å². The van der Waals surface area contributed by atoms with Crippen LogP contribution in [0.2, 0.25) is 0 Å². The largest absolute Gasteiger partial charge is 0.493 e. The molecule has 1 unspecified atom stereocenters. The molecule has 4 rings (SSSR count). The molecule has 1 amide bonds. The van der Waals surface area contributed by atoms with Gasteiger partial charge in [-0.05, 0) is 42.5 Å². The molecule has 178 valence electrons. The fourth-order valence-corrected chi connectivity index (χ4v) is 3.93. The molecule has 9 nitrogen and oxygen atoms in total. The van der Waals surface area contributed by atoms with Crippen LogP contribution in [0.1, 0.15) is 34.1 Å². The van der Waals surface area contributed by atoms with Crippen molar-refractivity contribution in [3.8, 4) is 28.7 Å². The average molecular weight is 466 g/mol. The molecule has 0 N–H and O–H groups in total. The van der Waals surface area contributed by atoms with Gasteiger partial charge in [0.1, 0.15) is 11.8 Å². The fourth-order valence-electron chi connectivity index (χ4n) is 3.93. The normalized spacial score (nSPS) is 15.0. The molecule has 0 fully saturated rings. The maximum absolute atomic E-state index is 13.7. The van der Waals surface area contributed by atoms with Crippen molar-refractivity contribution < 1.29 is 32.9 Å². The number of furan rings is 1. The Morgan fingerprint density at radius 2 is 1.56 bits per heavy atom. The van der Waals surface area contributed by atoms with Crippen LogP contribution in [0.5, 0.6) is 28.7 Å².